The highest BCUT2D eigenvalue weighted by Crippen LogP contribution is 2.23. The molecule has 11 heteroatoms. The number of amides is 1. The number of aryl methyl sites for hydroxylation is 1. The second-order valence-corrected chi connectivity index (χ2v) is 8.53. The van der Waals surface area contributed by atoms with Crippen LogP contribution in [0.15, 0.2) is 45.1 Å². The summed E-state index contributed by atoms with van der Waals surface area (Å²) in [6, 6.07) is 9.12. The van der Waals surface area contributed by atoms with E-state index in [4.69, 9.17) is 4.74 Å². The van der Waals surface area contributed by atoms with E-state index in [1.54, 1.807) is 0 Å². The third-order valence-electron chi connectivity index (χ3n) is 5.01. The molecule has 0 bridgehead atoms. The van der Waals surface area contributed by atoms with Crippen LogP contribution in [0, 0.1) is 6.92 Å². The normalized spacial score (nSPS) is 15.7. The number of nitrogens with one attached hydrogen (secondary N) is 3. The summed E-state index contributed by atoms with van der Waals surface area (Å²) >= 11 is 1.27. The van der Waals surface area contributed by atoms with E-state index in [9.17, 15) is 14.4 Å². The van der Waals surface area contributed by atoms with Crippen molar-refractivity contribution in [1.82, 2.24) is 30.0 Å². The molecule has 3 aromatic rings. The van der Waals surface area contributed by atoms with Crippen molar-refractivity contribution in [3.05, 3.63) is 68.3 Å². The number of carbonyl (C=O) groups is 1. The lowest BCUT2D eigenvalue weighted by atomic mass is 10.2. The predicted molar refractivity (Wildman–Crippen MR) is 119 cm³/mol. The highest BCUT2D eigenvalue weighted by atomic mass is 32.2. The fourth-order valence-electron chi connectivity index (χ4n) is 3.53. The van der Waals surface area contributed by atoms with Gasteiger partial charge in [-0.25, -0.2) is 4.79 Å². The number of aromatic nitrogens is 5. The van der Waals surface area contributed by atoms with E-state index in [1.807, 2.05) is 35.8 Å². The minimum Gasteiger partial charge on any atom is -0.376 e. The number of aromatic amines is 2. The van der Waals surface area contributed by atoms with Gasteiger partial charge in [-0.05, 0) is 37.5 Å². The largest absolute Gasteiger partial charge is 0.376 e. The topological polar surface area (TPSA) is 135 Å². The lowest BCUT2D eigenvalue weighted by Gasteiger charge is -2.12. The Morgan fingerprint density at radius 1 is 1.28 bits per heavy atom. The fraction of sp³-hybridized carbons (Fsp3) is 0.381. The molecular weight excluding hydrogens is 432 g/mol. The van der Waals surface area contributed by atoms with Gasteiger partial charge in [0, 0.05) is 37.0 Å². The second-order valence-electron chi connectivity index (χ2n) is 7.59. The summed E-state index contributed by atoms with van der Waals surface area (Å²) in [5.74, 6) is 0.613. The zero-order valence-electron chi connectivity index (χ0n) is 17.6. The Hall–Kier alpha value is -3.18. The standard InChI is InChI=1S/C21H24N6O4S/c1-13-4-2-5-15(8-13)27-17(9-14-10-18(28)24-20(30)23-14)25-26-21(27)32-12-19(29)22-11-16-6-3-7-31-16/h2,4-5,8,10,16H,3,6-7,9,11-12H2,1H3,(H,22,29)(H2,23,24,28,30)/t16-/m1/s1. The first-order valence-corrected chi connectivity index (χ1v) is 11.3. The average Bonchev–Trinajstić information content (AvgIpc) is 3.40. The van der Waals surface area contributed by atoms with Crippen molar-refractivity contribution in [2.24, 2.45) is 0 Å². The van der Waals surface area contributed by atoms with Gasteiger partial charge in [-0.2, -0.15) is 0 Å². The summed E-state index contributed by atoms with van der Waals surface area (Å²) in [4.78, 5) is 40.4. The van der Waals surface area contributed by atoms with Crippen molar-refractivity contribution in [3.8, 4) is 5.69 Å². The van der Waals surface area contributed by atoms with E-state index < -0.39 is 11.2 Å². The maximum absolute atomic E-state index is 12.3. The molecule has 4 rings (SSSR count). The first-order valence-electron chi connectivity index (χ1n) is 10.3. The van der Waals surface area contributed by atoms with Crippen LogP contribution >= 0.6 is 11.8 Å². The number of nitrogens with zero attached hydrogens (tertiary/aromatic N) is 3. The Morgan fingerprint density at radius 2 is 2.16 bits per heavy atom. The third kappa shape index (κ3) is 5.54. The maximum atomic E-state index is 12.3. The van der Waals surface area contributed by atoms with Crippen LogP contribution in [0.5, 0.6) is 0 Å². The Kier molecular flexibility index (Phi) is 6.86. The predicted octanol–water partition coefficient (Wildman–Crippen LogP) is 0.930. The highest BCUT2D eigenvalue weighted by Gasteiger charge is 2.19. The lowest BCUT2D eigenvalue weighted by Crippen LogP contribution is -2.32. The van der Waals surface area contributed by atoms with Crippen molar-refractivity contribution in [1.29, 1.82) is 0 Å². The average molecular weight is 457 g/mol. The monoisotopic (exact) mass is 456 g/mol. The molecule has 0 unspecified atom stereocenters. The van der Waals surface area contributed by atoms with E-state index in [1.165, 1.54) is 17.8 Å². The minimum absolute atomic E-state index is 0.0858. The van der Waals surface area contributed by atoms with Crippen LogP contribution in [-0.4, -0.2) is 55.6 Å². The van der Waals surface area contributed by atoms with Crippen LogP contribution in [-0.2, 0) is 16.0 Å². The highest BCUT2D eigenvalue weighted by molar-refractivity contribution is 7.99. The van der Waals surface area contributed by atoms with Gasteiger partial charge in [-0.1, -0.05) is 23.9 Å². The Balaban J connectivity index is 1.54. The van der Waals surface area contributed by atoms with Crippen LogP contribution in [0.4, 0.5) is 0 Å². The second kappa shape index (κ2) is 9.96. The number of hydrogen-bond donors (Lipinski definition) is 3. The van der Waals surface area contributed by atoms with E-state index >= 15 is 0 Å². The molecule has 0 radical (unpaired) electrons. The van der Waals surface area contributed by atoms with Gasteiger partial charge in [0.25, 0.3) is 5.56 Å². The fourth-order valence-corrected chi connectivity index (χ4v) is 4.33. The van der Waals surface area contributed by atoms with Gasteiger partial charge >= 0.3 is 5.69 Å². The van der Waals surface area contributed by atoms with Crippen LogP contribution in [0.2, 0.25) is 0 Å². The smallest absolute Gasteiger partial charge is 0.325 e. The van der Waals surface area contributed by atoms with E-state index in [0.717, 1.165) is 30.7 Å². The van der Waals surface area contributed by atoms with Gasteiger partial charge < -0.3 is 15.0 Å². The van der Waals surface area contributed by atoms with Crippen LogP contribution in [0.25, 0.3) is 5.69 Å². The molecule has 1 aliphatic heterocycles. The van der Waals surface area contributed by atoms with Crippen molar-refractivity contribution >= 4 is 17.7 Å². The molecule has 1 saturated heterocycles. The SMILES string of the molecule is Cc1cccc(-n2c(Cc3cc(=O)[nH]c(=O)[nH]3)nnc2SCC(=O)NC[C@H]2CCCO2)c1. The molecule has 0 saturated carbocycles. The maximum Gasteiger partial charge on any atom is 0.325 e. The molecular formula is C21H24N6O4S. The summed E-state index contributed by atoms with van der Waals surface area (Å²) in [5.41, 5.74) is 1.25. The number of thioether (sulfide) groups is 1. The van der Waals surface area contributed by atoms with Crippen LogP contribution in [0.1, 0.15) is 29.9 Å². The van der Waals surface area contributed by atoms with E-state index in [0.29, 0.717) is 23.2 Å². The number of H-pyrrole nitrogens is 2. The van der Waals surface area contributed by atoms with Gasteiger partial charge in [-0.15, -0.1) is 10.2 Å². The number of benzene rings is 1. The number of carbonyl (C=O) groups excluding carboxylic acids is 1. The molecule has 1 fully saturated rings. The van der Waals surface area contributed by atoms with Crippen LogP contribution in [0.3, 0.4) is 0 Å². The molecule has 1 atom stereocenters. The van der Waals surface area contributed by atoms with Gasteiger partial charge in [0.05, 0.1) is 11.9 Å². The molecule has 1 aromatic carbocycles. The molecule has 32 heavy (non-hydrogen) atoms. The molecule has 3 heterocycles. The quantitative estimate of drug-likeness (QED) is 0.429. The van der Waals surface area contributed by atoms with Crippen LogP contribution < -0.4 is 16.6 Å². The number of rotatable bonds is 8. The molecule has 1 amide bonds. The van der Waals surface area contributed by atoms with Gasteiger partial charge in [0.1, 0.15) is 5.82 Å². The van der Waals surface area contributed by atoms with E-state index in [2.05, 4.69) is 25.5 Å². The number of ether oxygens (including phenoxy) is 1. The Labute approximate surface area is 187 Å². The Bertz CT molecular complexity index is 1180. The minimum atomic E-state index is -0.577. The summed E-state index contributed by atoms with van der Waals surface area (Å²) in [7, 11) is 0. The summed E-state index contributed by atoms with van der Waals surface area (Å²) < 4.78 is 7.37. The van der Waals surface area contributed by atoms with Crippen molar-refractivity contribution < 1.29 is 9.53 Å². The van der Waals surface area contributed by atoms with Gasteiger partial charge in [-0.3, -0.25) is 19.1 Å². The van der Waals surface area contributed by atoms with Crippen molar-refractivity contribution in [3.63, 3.8) is 0 Å². The summed E-state index contributed by atoms with van der Waals surface area (Å²) in [6.07, 6.45) is 2.27. The van der Waals surface area contributed by atoms with Gasteiger partial charge in [0.15, 0.2) is 5.16 Å². The summed E-state index contributed by atoms with van der Waals surface area (Å²) in [6.45, 7) is 3.23. The molecule has 1 aliphatic rings. The lowest BCUT2D eigenvalue weighted by molar-refractivity contribution is -0.119. The van der Waals surface area contributed by atoms with Gasteiger partial charge in [0.2, 0.25) is 5.91 Å². The summed E-state index contributed by atoms with van der Waals surface area (Å²) in [5, 5.41) is 12.0. The molecule has 0 spiro atoms. The molecule has 2 aromatic heterocycles. The molecule has 0 aliphatic carbocycles. The van der Waals surface area contributed by atoms with Crippen molar-refractivity contribution in [2.75, 3.05) is 18.9 Å². The first kappa shape index (κ1) is 22.0. The first-order chi connectivity index (χ1) is 15.5. The zero-order valence-corrected chi connectivity index (χ0v) is 18.4. The zero-order chi connectivity index (χ0) is 22.5. The number of hydrogen-bond acceptors (Lipinski definition) is 7. The Morgan fingerprint density at radius 3 is 2.91 bits per heavy atom. The third-order valence-corrected chi connectivity index (χ3v) is 5.94. The molecule has 3 N–H and O–H groups in total. The molecule has 10 nitrogen and oxygen atoms in total. The van der Waals surface area contributed by atoms with Crippen molar-refractivity contribution in [2.45, 2.75) is 37.4 Å². The molecule has 168 valence electrons. The van der Waals surface area contributed by atoms with E-state index in [-0.39, 0.29) is 24.2 Å².